The van der Waals surface area contributed by atoms with Gasteiger partial charge in [0.1, 0.15) is 3.70 Å². The maximum Gasteiger partial charge on any atom is 0.225 e. The first-order valence-corrected chi connectivity index (χ1v) is 7.19. The fraction of sp³-hybridized carbons (Fsp3) is 0.583. The molecule has 0 saturated carbocycles. The first kappa shape index (κ1) is 13.5. The Morgan fingerprint density at radius 1 is 1.22 bits per heavy atom. The van der Waals surface area contributed by atoms with Gasteiger partial charge in [0, 0.05) is 32.1 Å². The van der Waals surface area contributed by atoms with E-state index in [2.05, 4.69) is 37.7 Å². The van der Waals surface area contributed by atoms with Crippen molar-refractivity contribution in [2.45, 2.75) is 13.8 Å². The molecule has 0 spiro atoms. The van der Waals surface area contributed by atoms with Gasteiger partial charge in [0.15, 0.2) is 5.82 Å². The van der Waals surface area contributed by atoms with E-state index in [9.17, 15) is 4.79 Å². The molecular weight excluding hydrogens is 343 g/mol. The molecule has 2 rings (SSSR count). The summed E-state index contributed by atoms with van der Waals surface area (Å²) in [6.45, 7) is 7.08. The van der Waals surface area contributed by atoms with Crippen molar-refractivity contribution in [2.75, 3.05) is 31.1 Å². The number of anilines is 1. The fourth-order valence-electron chi connectivity index (χ4n) is 2.00. The summed E-state index contributed by atoms with van der Waals surface area (Å²) in [4.78, 5) is 16.0. The van der Waals surface area contributed by atoms with Crippen LogP contribution in [-0.2, 0) is 4.79 Å². The van der Waals surface area contributed by atoms with Crippen LogP contribution in [0.15, 0.2) is 12.1 Å². The van der Waals surface area contributed by atoms with Gasteiger partial charge in [-0.2, -0.15) is 0 Å². The molecule has 0 aromatic carbocycles. The third kappa shape index (κ3) is 3.09. The molecule has 5 nitrogen and oxygen atoms in total. The second kappa shape index (κ2) is 5.81. The zero-order valence-electron chi connectivity index (χ0n) is 10.6. The molecule has 1 saturated heterocycles. The molecule has 18 heavy (non-hydrogen) atoms. The minimum atomic E-state index is 0.0784. The van der Waals surface area contributed by atoms with Crippen molar-refractivity contribution in [1.29, 1.82) is 0 Å². The Morgan fingerprint density at radius 2 is 1.89 bits per heavy atom. The van der Waals surface area contributed by atoms with Crippen LogP contribution in [-0.4, -0.2) is 47.2 Å². The predicted octanol–water partition coefficient (Wildman–Crippen LogP) is 1.39. The summed E-state index contributed by atoms with van der Waals surface area (Å²) >= 11 is 2.14. The van der Waals surface area contributed by atoms with E-state index in [-0.39, 0.29) is 11.8 Å². The summed E-state index contributed by atoms with van der Waals surface area (Å²) in [6, 6.07) is 3.93. The van der Waals surface area contributed by atoms with Gasteiger partial charge in [0.2, 0.25) is 5.91 Å². The average Bonchev–Trinajstić information content (AvgIpc) is 2.39. The molecule has 0 N–H and O–H groups in total. The van der Waals surface area contributed by atoms with E-state index in [0.29, 0.717) is 0 Å². The number of hydrogen-bond acceptors (Lipinski definition) is 4. The molecule has 0 bridgehead atoms. The molecule has 0 unspecified atom stereocenters. The van der Waals surface area contributed by atoms with Crippen molar-refractivity contribution in [2.24, 2.45) is 5.92 Å². The first-order chi connectivity index (χ1) is 8.58. The summed E-state index contributed by atoms with van der Waals surface area (Å²) in [6.07, 6.45) is 0. The Labute approximate surface area is 121 Å². The molecule has 0 atom stereocenters. The van der Waals surface area contributed by atoms with Crippen molar-refractivity contribution < 1.29 is 4.79 Å². The largest absolute Gasteiger partial charge is 0.352 e. The number of aromatic nitrogens is 2. The summed E-state index contributed by atoms with van der Waals surface area (Å²) in [5.41, 5.74) is 0. The lowest BCUT2D eigenvalue weighted by Gasteiger charge is -2.35. The monoisotopic (exact) mass is 360 g/mol. The topological polar surface area (TPSA) is 49.3 Å². The number of carbonyl (C=O) groups is 1. The number of nitrogens with zero attached hydrogens (tertiary/aromatic N) is 4. The molecule has 2 heterocycles. The normalized spacial score (nSPS) is 16.2. The van der Waals surface area contributed by atoms with Gasteiger partial charge >= 0.3 is 0 Å². The van der Waals surface area contributed by atoms with Crippen LogP contribution in [0.5, 0.6) is 0 Å². The SMILES string of the molecule is CC(C)C(=O)N1CCN(c2ccc(I)nn2)CC1. The second-order valence-corrected chi connectivity index (χ2v) is 5.79. The van der Waals surface area contributed by atoms with Crippen molar-refractivity contribution in [3.63, 3.8) is 0 Å². The highest BCUT2D eigenvalue weighted by molar-refractivity contribution is 14.1. The highest BCUT2D eigenvalue weighted by atomic mass is 127. The van der Waals surface area contributed by atoms with E-state index in [1.54, 1.807) is 0 Å². The Bertz CT molecular complexity index is 413. The number of hydrogen-bond donors (Lipinski definition) is 0. The zero-order valence-corrected chi connectivity index (χ0v) is 12.8. The third-order valence-electron chi connectivity index (χ3n) is 3.03. The number of amides is 1. The highest BCUT2D eigenvalue weighted by Gasteiger charge is 2.23. The van der Waals surface area contributed by atoms with E-state index in [4.69, 9.17) is 0 Å². The molecular formula is C12H17IN4O. The van der Waals surface area contributed by atoms with Crippen LogP contribution < -0.4 is 4.90 Å². The minimum Gasteiger partial charge on any atom is -0.352 e. The molecule has 1 amide bonds. The standard InChI is InChI=1S/C12H17IN4O/c1-9(2)12(18)17-7-5-16(6-8-17)11-4-3-10(13)14-15-11/h3-4,9H,5-8H2,1-2H3. The minimum absolute atomic E-state index is 0.0784. The number of halogens is 1. The molecule has 98 valence electrons. The van der Waals surface area contributed by atoms with Gasteiger partial charge < -0.3 is 9.80 Å². The van der Waals surface area contributed by atoms with E-state index < -0.39 is 0 Å². The van der Waals surface area contributed by atoms with Gasteiger partial charge in [0.25, 0.3) is 0 Å². The third-order valence-corrected chi connectivity index (χ3v) is 3.60. The summed E-state index contributed by atoms with van der Waals surface area (Å²) in [5.74, 6) is 1.21. The quantitative estimate of drug-likeness (QED) is 0.748. The van der Waals surface area contributed by atoms with Crippen molar-refractivity contribution in [3.05, 3.63) is 15.8 Å². The van der Waals surface area contributed by atoms with Crippen LogP contribution in [0.3, 0.4) is 0 Å². The Kier molecular flexibility index (Phi) is 4.36. The van der Waals surface area contributed by atoms with Gasteiger partial charge in [-0.3, -0.25) is 4.79 Å². The van der Waals surface area contributed by atoms with Crippen LogP contribution in [0.1, 0.15) is 13.8 Å². The lowest BCUT2D eigenvalue weighted by molar-refractivity contribution is -0.134. The van der Waals surface area contributed by atoms with Gasteiger partial charge in [-0.15, -0.1) is 10.2 Å². The Hall–Kier alpha value is -0.920. The molecule has 1 aliphatic rings. The zero-order chi connectivity index (χ0) is 13.1. The van der Waals surface area contributed by atoms with Crippen LogP contribution in [0.4, 0.5) is 5.82 Å². The molecule has 1 aromatic rings. The van der Waals surface area contributed by atoms with E-state index >= 15 is 0 Å². The maximum atomic E-state index is 11.9. The lowest BCUT2D eigenvalue weighted by Crippen LogP contribution is -2.50. The maximum absolute atomic E-state index is 11.9. The van der Waals surface area contributed by atoms with Gasteiger partial charge in [0.05, 0.1) is 0 Å². The lowest BCUT2D eigenvalue weighted by atomic mass is 10.1. The van der Waals surface area contributed by atoms with E-state index in [1.165, 1.54) is 0 Å². The first-order valence-electron chi connectivity index (χ1n) is 6.11. The summed E-state index contributed by atoms with van der Waals surface area (Å²) < 4.78 is 0.893. The molecule has 1 fully saturated rings. The van der Waals surface area contributed by atoms with Crippen molar-refractivity contribution >= 4 is 34.3 Å². The van der Waals surface area contributed by atoms with Gasteiger partial charge in [-0.25, -0.2) is 0 Å². The summed E-state index contributed by atoms with van der Waals surface area (Å²) in [5, 5.41) is 8.22. The smallest absolute Gasteiger partial charge is 0.225 e. The van der Waals surface area contributed by atoms with Crippen LogP contribution in [0, 0.1) is 9.62 Å². The predicted molar refractivity (Wildman–Crippen MR) is 78.4 cm³/mol. The highest BCUT2D eigenvalue weighted by Crippen LogP contribution is 2.14. The van der Waals surface area contributed by atoms with Gasteiger partial charge in [-0.05, 0) is 34.7 Å². The fourth-order valence-corrected chi connectivity index (χ4v) is 2.29. The van der Waals surface area contributed by atoms with Crippen LogP contribution in [0.2, 0.25) is 0 Å². The number of piperazine rings is 1. The van der Waals surface area contributed by atoms with Crippen molar-refractivity contribution in [1.82, 2.24) is 15.1 Å². The number of rotatable bonds is 2. The molecule has 0 radical (unpaired) electrons. The van der Waals surface area contributed by atoms with E-state index in [1.807, 2.05) is 30.9 Å². The Morgan fingerprint density at radius 3 is 2.39 bits per heavy atom. The molecule has 6 heteroatoms. The van der Waals surface area contributed by atoms with Crippen LogP contribution >= 0.6 is 22.6 Å². The second-order valence-electron chi connectivity index (χ2n) is 4.68. The Balaban J connectivity index is 1.94. The van der Waals surface area contributed by atoms with E-state index in [0.717, 1.165) is 35.7 Å². The van der Waals surface area contributed by atoms with Crippen LogP contribution in [0.25, 0.3) is 0 Å². The number of carbonyl (C=O) groups excluding carboxylic acids is 1. The summed E-state index contributed by atoms with van der Waals surface area (Å²) in [7, 11) is 0. The van der Waals surface area contributed by atoms with Gasteiger partial charge in [-0.1, -0.05) is 13.8 Å². The molecule has 1 aromatic heterocycles. The van der Waals surface area contributed by atoms with Crippen molar-refractivity contribution in [3.8, 4) is 0 Å². The molecule has 1 aliphatic heterocycles. The average molecular weight is 360 g/mol. The molecule has 0 aliphatic carbocycles.